The van der Waals surface area contributed by atoms with Gasteiger partial charge < -0.3 is 0 Å². The normalized spacial score (nSPS) is 10.7. The Morgan fingerprint density at radius 2 is 1.75 bits per heavy atom. The van der Waals surface area contributed by atoms with Gasteiger partial charge in [-0.1, -0.05) is 50.9 Å². The van der Waals surface area contributed by atoms with Gasteiger partial charge in [0.15, 0.2) is 0 Å². The second-order valence-electron chi connectivity index (χ2n) is 4.53. The van der Waals surface area contributed by atoms with Crippen LogP contribution in [0.3, 0.4) is 0 Å². The molecule has 0 aliphatic heterocycles. The molecule has 0 saturated heterocycles. The predicted octanol–water partition coefficient (Wildman–Crippen LogP) is 3.17. The Balaban J connectivity index is 1.85. The van der Waals surface area contributed by atoms with Crippen molar-refractivity contribution in [2.75, 3.05) is 0 Å². The van der Waals surface area contributed by atoms with E-state index in [0.717, 1.165) is 15.2 Å². The predicted molar refractivity (Wildman–Crippen MR) is 80.4 cm³/mol. The van der Waals surface area contributed by atoms with Crippen LogP contribution in [0, 0.1) is 0 Å². The molecular weight excluding hydrogens is 316 g/mol. The van der Waals surface area contributed by atoms with Crippen LogP contribution in [0.2, 0.25) is 0 Å². The molecule has 0 spiro atoms. The lowest BCUT2D eigenvalue weighted by Gasteiger charge is -1.98. The molecule has 0 fully saturated rings. The van der Waals surface area contributed by atoms with Crippen molar-refractivity contribution >= 4 is 32.5 Å². The Hall–Kier alpha value is -2.07. The molecule has 3 nitrogen and oxygen atoms in total. The number of carbonyl (C=O) groups is 1. The van der Waals surface area contributed by atoms with E-state index in [1.807, 2.05) is 54.7 Å². The maximum absolute atomic E-state index is 12.2. The summed E-state index contributed by atoms with van der Waals surface area (Å²) in [5.41, 5.74) is 0.690. The van der Waals surface area contributed by atoms with Crippen LogP contribution in [0.4, 0.5) is 0 Å². The molecular formula is C16H12BrN2O+. The van der Waals surface area contributed by atoms with Gasteiger partial charge in [-0.2, -0.15) is 0 Å². The molecule has 0 bridgehead atoms. The molecule has 0 N–H and O–H groups in total. The molecule has 0 atom stereocenters. The maximum Gasteiger partial charge on any atom is 0.236 e. The zero-order chi connectivity index (χ0) is 13.9. The van der Waals surface area contributed by atoms with Gasteiger partial charge in [-0.3, -0.25) is 4.79 Å². The monoisotopic (exact) mass is 327 g/mol. The van der Waals surface area contributed by atoms with Gasteiger partial charge in [-0.15, -0.1) is 0 Å². The molecule has 0 aliphatic carbocycles. The highest BCUT2D eigenvalue weighted by atomic mass is 79.9. The van der Waals surface area contributed by atoms with Crippen LogP contribution in [-0.4, -0.2) is 10.9 Å². The Morgan fingerprint density at radius 1 is 1.05 bits per heavy atom. The molecule has 0 aliphatic rings. The summed E-state index contributed by atoms with van der Waals surface area (Å²) in [6.07, 6.45) is 3.68. The highest BCUT2D eigenvalue weighted by Crippen LogP contribution is 2.11. The van der Waals surface area contributed by atoms with Crippen LogP contribution in [-0.2, 0) is 6.54 Å². The van der Waals surface area contributed by atoms with Crippen LogP contribution in [0.1, 0.15) is 10.4 Å². The number of hydrogen-bond acceptors (Lipinski definition) is 2. The molecule has 98 valence electrons. The molecule has 0 radical (unpaired) electrons. The Kier molecular flexibility index (Phi) is 3.56. The summed E-state index contributed by atoms with van der Waals surface area (Å²) in [6, 6.07) is 15.3. The number of fused-ring (bicyclic) bond motifs is 1. The summed E-state index contributed by atoms with van der Waals surface area (Å²) in [6.45, 7) is 0.243. The number of aromatic nitrogens is 2. The number of Topliss-reactive ketones (excluding diaryl/α,β-unsaturated/α-hetero) is 1. The molecule has 0 unspecified atom stereocenters. The molecule has 0 amide bonds. The highest BCUT2D eigenvalue weighted by Gasteiger charge is 2.14. The molecule has 1 heterocycles. The third-order valence-corrected chi connectivity index (χ3v) is 3.63. The van der Waals surface area contributed by atoms with Crippen molar-refractivity contribution in [2.45, 2.75) is 6.54 Å². The minimum atomic E-state index is 0.0466. The molecule has 1 aromatic heterocycles. The van der Waals surface area contributed by atoms with E-state index < -0.39 is 0 Å². The van der Waals surface area contributed by atoms with Crippen molar-refractivity contribution in [3.05, 3.63) is 71.0 Å². The molecule has 4 heteroatoms. The maximum atomic E-state index is 12.2. The first-order valence-electron chi connectivity index (χ1n) is 6.26. The highest BCUT2D eigenvalue weighted by molar-refractivity contribution is 9.10. The van der Waals surface area contributed by atoms with Crippen molar-refractivity contribution in [3.63, 3.8) is 0 Å². The fourth-order valence-electron chi connectivity index (χ4n) is 2.04. The van der Waals surface area contributed by atoms with Gasteiger partial charge in [0.05, 0.1) is 0 Å². The van der Waals surface area contributed by atoms with Crippen LogP contribution in [0.5, 0.6) is 0 Å². The van der Waals surface area contributed by atoms with Crippen molar-refractivity contribution in [1.82, 2.24) is 5.10 Å². The van der Waals surface area contributed by atoms with Gasteiger partial charge in [-0.25, -0.2) is 0 Å². The quantitative estimate of drug-likeness (QED) is 0.547. The lowest BCUT2D eigenvalue weighted by atomic mass is 10.1. The Labute approximate surface area is 125 Å². The van der Waals surface area contributed by atoms with E-state index in [2.05, 4.69) is 21.0 Å². The van der Waals surface area contributed by atoms with Crippen molar-refractivity contribution in [1.29, 1.82) is 0 Å². The summed E-state index contributed by atoms with van der Waals surface area (Å²) in [5.74, 6) is 0.0466. The first kappa shape index (κ1) is 12.9. The van der Waals surface area contributed by atoms with E-state index in [1.165, 1.54) is 0 Å². The average molecular weight is 328 g/mol. The zero-order valence-corrected chi connectivity index (χ0v) is 12.2. The van der Waals surface area contributed by atoms with E-state index in [1.54, 1.807) is 10.9 Å². The van der Waals surface area contributed by atoms with Gasteiger partial charge in [0.25, 0.3) is 0 Å². The summed E-state index contributed by atoms with van der Waals surface area (Å²) in [5, 5.41) is 6.42. The van der Waals surface area contributed by atoms with Gasteiger partial charge >= 0.3 is 0 Å². The van der Waals surface area contributed by atoms with Gasteiger partial charge in [-0.05, 0) is 23.3 Å². The number of ketones is 1. The summed E-state index contributed by atoms with van der Waals surface area (Å²) < 4.78 is 2.64. The summed E-state index contributed by atoms with van der Waals surface area (Å²) in [4.78, 5) is 12.2. The zero-order valence-electron chi connectivity index (χ0n) is 10.7. The van der Waals surface area contributed by atoms with Crippen molar-refractivity contribution < 1.29 is 9.48 Å². The number of halogens is 1. The molecule has 3 rings (SSSR count). The van der Waals surface area contributed by atoms with E-state index in [-0.39, 0.29) is 12.3 Å². The Bertz CT molecular complexity index is 769. The molecule has 2 aromatic carbocycles. The second-order valence-corrected chi connectivity index (χ2v) is 5.45. The fourth-order valence-corrected chi connectivity index (χ4v) is 2.30. The topological polar surface area (TPSA) is 33.8 Å². The van der Waals surface area contributed by atoms with E-state index in [9.17, 15) is 4.79 Å². The van der Waals surface area contributed by atoms with Crippen molar-refractivity contribution in [3.8, 4) is 0 Å². The third kappa shape index (κ3) is 2.75. The lowest BCUT2D eigenvalue weighted by Crippen LogP contribution is -2.41. The molecule has 0 saturated carbocycles. The van der Waals surface area contributed by atoms with E-state index in [4.69, 9.17) is 0 Å². The minimum absolute atomic E-state index is 0.0466. The number of hydrogen-bond donors (Lipinski definition) is 0. The van der Waals surface area contributed by atoms with E-state index in [0.29, 0.717) is 5.56 Å². The summed E-state index contributed by atoms with van der Waals surface area (Å²) in [7, 11) is 0. The van der Waals surface area contributed by atoms with Crippen molar-refractivity contribution in [2.24, 2.45) is 0 Å². The number of carbonyl (C=O) groups excluding carboxylic acids is 1. The SMILES string of the molecule is O=C(C[n+]1cc2ccccc2cn1)c1ccc(Br)cc1. The Morgan fingerprint density at radius 3 is 2.50 bits per heavy atom. The van der Waals surface area contributed by atoms with Gasteiger partial charge in [0, 0.05) is 20.8 Å². The van der Waals surface area contributed by atoms with Crippen LogP contribution >= 0.6 is 15.9 Å². The van der Waals surface area contributed by atoms with Crippen LogP contribution in [0.15, 0.2) is 65.4 Å². The average Bonchev–Trinajstić information content (AvgIpc) is 2.48. The lowest BCUT2D eigenvalue weighted by molar-refractivity contribution is -0.740. The van der Waals surface area contributed by atoms with E-state index >= 15 is 0 Å². The molecule has 20 heavy (non-hydrogen) atoms. The standard InChI is InChI=1S/C16H12BrN2O/c17-15-7-5-12(6-8-15)16(20)11-19-10-14-4-2-1-3-13(14)9-18-19/h1-10H,11H2/q+1. The smallest absolute Gasteiger partial charge is 0.236 e. The second kappa shape index (κ2) is 5.51. The first-order chi connectivity index (χ1) is 9.72. The number of rotatable bonds is 3. The minimum Gasteiger partial charge on any atom is -0.287 e. The number of benzene rings is 2. The first-order valence-corrected chi connectivity index (χ1v) is 7.05. The van der Waals surface area contributed by atoms with Crippen LogP contribution in [0.25, 0.3) is 10.8 Å². The molecule has 3 aromatic rings. The van der Waals surface area contributed by atoms with Crippen LogP contribution < -0.4 is 4.68 Å². The summed E-state index contributed by atoms with van der Waals surface area (Å²) >= 11 is 3.36. The van der Waals surface area contributed by atoms with Gasteiger partial charge in [0.2, 0.25) is 18.5 Å². The fraction of sp³-hybridized carbons (Fsp3) is 0.0625. The van der Waals surface area contributed by atoms with Gasteiger partial charge in [0.1, 0.15) is 6.20 Å². The number of nitrogens with zero attached hydrogens (tertiary/aromatic N) is 2. The third-order valence-electron chi connectivity index (χ3n) is 3.10. The largest absolute Gasteiger partial charge is 0.287 e.